The number of likely N-dealkylation sites (N-methyl/N-ethyl adjacent to an activating group) is 1. The van der Waals surface area contributed by atoms with Crippen molar-refractivity contribution in [3.05, 3.63) is 0 Å². The van der Waals surface area contributed by atoms with Crippen LogP contribution in [0.1, 0.15) is 26.7 Å². The van der Waals surface area contributed by atoms with E-state index in [1.807, 2.05) is 20.9 Å². The average Bonchev–Trinajstić information content (AvgIpc) is 2.77. The van der Waals surface area contributed by atoms with Crippen LogP contribution in [0, 0.1) is 0 Å². The summed E-state index contributed by atoms with van der Waals surface area (Å²) in [5.41, 5.74) is 0. The third kappa shape index (κ3) is 5.80. The number of rotatable bonds is 8. The molecule has 0 spiro atoms. The molecule has 18 heavy (non-hydrogen) atoms. The van der Waals surface area contributed by atoms with Gasteiger partial charge in [0, 0.05) is 25.7 Å². The van der Waals surface area contributed by atoms with Crippen LogP contribution >= 0.6 is 0 Å². The zero-order chi connectivity index (χ0) is 13.5. The Labute approximate surface area is 110 Å². The molecule has 2 N–H and O–H groups in total. The molecule has 0 aromatic rings. The molecule has 1 unspecified atom stereocenters. The van der Waals surface area contributed by atoms with Gasteiger partial charge in [-0.1, -0.05) is 13.8 Å². The SMILES string of the molecule is CC(C)NC(CN(C)CCN1CCCC1)C(=O)O. The van der Waals surface area contributed by atoms with Gasteiger partial charge in [-0.3, -0.25) is 4.79 Å². The lowest BCUT2D eigenvalue weighted by Crippen LogP contribution is -2.48. The van der Waals surface area contributed by atoms with E-state index in [1.165, 1.54) is 25.9 Å². The zero-order valence-electron chi connectivity index (χ0n) is 11.9. The summed E-state index contributed by atoms with van der Waals surface area (Å²) >= 11 is 0. The van der Waals surface area contributed by atoms with E-state index in [2.05, 4.69) is 15.1 Å². The fourth-order valence-corrected chi connectivity index (χ4v) is 2.33. The summed E-state index contributed by atoms with van der Waals surface area (Å²) in [7, 11) is 1.99. The fourth-order valence-electron chi connectivity index (χ4n) is 2.33. The van der Waals surface area contributed by atoms with Crippen LogP contribution in [-0.4, -0.2) is 72.7 Å². The number of aliphatic carboxylic acids is 1. The summed E-state index contributed by atoms with van der Waals surface area (Å²) in [6.07, 6.45) is 2.60. The van der Waals surface area contributed by atoms with Gasteiger partial charge in [0.25, 0.3) is 0 Å². The highest BCUT2D eigenvalue weighted by Gasteiger charge is 2.20. The summed E-state index contributed by atoms with van der Waals surface area (Å²) in [5.74, 6) is -0.767. The van der Waals surface area contributed by atoms with Crippen molar-refractivity contribution in [3.8, 4) is 0 Å². The van der Waals surface area contributed by atoms with Crippen LogP contribution in [0.5, 0.6) is 0 Å². The molecule has 106 valence electrons. The highest BCUT2D eigenvalue weighted by atomic mass is 16.4. The van der Waals surface area contributed by atoms with Crippen LogP contribution in [0.3, 0.4) is 0 Å². The second-order valence-corrected chi connectivity index (χ2v) is 5.52. The second kappa shape index (κ2) is 7.71. The third-order valence-corrected chi connectivity index (χ3v) is 3.32. The van der Waals surface area contributed by atoms with E-state index in [0.717, 1.165) is 13.1 Å². The average molecular weight is 257 g/mol. The summed E-state index contributed by atoms with van der Waals surface area (Å²) in [6.45, 7) is 8.87. The quantitative estimate of drug-likeness (QED) is 0.662. The van der Waals surface area contributed by atoms with E-state index in [4.69, 9.17) is 5.11 Å². The van der Waals surface area contributed by atoms with Gasteiger partial charge in [0.1, 0.15) is 6.04 Å². The Bertz CT molecular complexity index is 253. The Morgan fingerprint density at radius 1 is 1.39 bits per heavy atom. The molecule has 5 nitrogen and oxygen atoms in total. The number of hydrogen-bond donors (Lipinski definition) is 2. The number of nitrogens with one attached hydrogen (secondary N) is 1. The maximum Gasteiger partial charge on any atom is 0.322 e. The van der Waals surface area contributed by atoms with E-state index in [-0.39, 0.29) is 6.04 Å². The molecule has 1 fully saturated rings. The first-order valence-corrected chi connectivity index (χ1v) is 6.89. The Balaban J connectivity index is 2.26. The molecule has 0 amide bonds. The van der Waals surface area contributed by atoms with E-state index < -0.39 is 12.0 Å². The molecule has 1 rings (SSSR count). The van der Waals surface area contributed by atoms with Gasteiger partial charge in [0.05, 0.1) is 0 Å². The van der Waals surface area contributed by atoms with Crippen molar-refractivity contribution in [2.75, 3.05) is 39.8 Å². The number of carbonyl (C=O) groups is 1. The Kier molecular flexibility index (Phi) is 6.60. The largest absolute Gasteiger partial charge is 0.480 e. The van der Waals surface area contributed by atoms with Gasteiger partial charge in [-0.25, -0.2) is 0 Å². The van der Waals surface area contributed by atoms with E-state index in [9.17, 15) is 4.79 Å². The van der Waals surface area contributed by atoms with Crippen LogP contribution < -0.4 is 5.32 Å². The second-order valence-electron chi connectivity index (χ2n) is 5.52. The molecule has 0 aromatic carbocycles. The summed E-state index contributed by atoms with van der Waals surface area (Å²) < 4.78 is 0. The predicted octanol–water partition coefficient (Wildman–Crippen LogP) is 0.465. The minimum absolute atomic E-state index is 0.193. The molecule has 1 atom stereocenters. The van der Waals surface area contributed by atoms with Crippen molar-refractivity contribution in [1.82, 2.24) is 15.1 Å². The molecule has 0 bridgehead atoms. The van der Waals surface area contributed by atoms with Crippen molar-refractivity contribution < 1.29 is 9.90 Å². The smallest absolute Gasteiger partial charge is 0.322 e. The Hall–Kier alpha value is -0.650. The van der Waals surface area contributed by atoms with Crippen LogP contribution in [0.2, 0.25) is 0 Å². The van der Waals surface area contributed by atoms with Crippen molar-refractivity contribution in [3.63, 3.8) is 0 Å². The molecule has 1 saturated heterocycles. The van der Waals surface area contributed by atoms with Crippen LogP contribution in [-0.2, 0) is 4.79 Å². The van der Waals surface area contributed by atoms with Crippen molar-refractivity contribution >= 4 is 5.97 Å². The van der Waals surface area contributed by atoms with Gasteiger partial charge in [0.2, 0.25) is 0 Å². The third-order valence-electron chi connectivity index (χ3n) is 3.32. The minimum atomic E-state index is -0.767. The van der Waals surface area contributed by atoms with Gasteiger partial charge in [-0.2, -0.15) is 0 Å². The Morgan fingerprint density at radius 2 is 2.00 bits per heavy atom. The first kappa shape index (κ1) is 15.4. The number of hydrogen-bond acceptors (Lipinski definition) is 4. The molecule has 1 aliphatic heterocycles. The summed E-state index contributed by atoms with van der Waals surface area (Å²) in [4.78, 5) is 15.7. The minimum Gasteiger partial charge on any atom is -0.480 e. The monoisotopic (exact) mass is 257 g/mol. The first-order valence-electron chi connectivity index (χ1n) is 6.89. The standard InChI is InChI=1S/C13H27N3O2/c1-11(2)14-12(13(17)18)10-15(3)8-9-16-6-4-5-7-16/h11-12,14H,4-10H2,1-3H3,(H,17,18). The van der Waals surface area contributed by atoms with Crippen molar-refractivity contribution in [2.24, 2.45) is 0 Å². The lowest BCUT2D eigenvalue weighted by atomic mass is 10.2. The van der Waals surface area contributed by atoms with Gasteiger partial charge in [0.15, 0.2) is 0 Å². The predicted molar refractivity (Wildman–Crippen MR) is 72.9 cm³/mol. The molecule has 1 heterocycles. The number of carboxylic acids is 1. The summed E-state index contributed by atoms with van der Waals surface area (Å²) in [5, 5.41) is 12.2. The number of carboxylic acid groups (broad SMARTS) is 1. The van der Waals surface area contributed by atoms with Gasteiger partial charge in [-0.15, -0.1) is 0 Å². The maximum absolute atomic E-state index is 11.1. The van der Waals surface area contributed by atoms with Crippen molar-refractivity contribution in [2.45, 2.75) is 38.8 Å². The zero-order valence-corrected chi connectivity index (χ0v) is 11.9. The molecule has 0 radical (unpaired) electrons. The molecular weight excluding hydrogens is 230 g/mol. The lowest BCUT2D eigenvalue weighted by molar-refractivity contribution is -0.140. The van der Waals surface area contributed by atoms with Gasteiger partial charge >= 0.3 is 5.97 Å². The maximum atomic E-state index is 11.1. The molecule has 0 aliphatic carbocycles. The van der Waals surface area contributed by atoms with Crippen molar-refractivity contribution in [1.29, 1.82) is 0 Å². The van der Waals surface area contributed by atoms with E-state index >= 15 is 0 Å². The van der Waals surface area contributed by atoms with Crippen LogP contribution in [0.4, 0.5) is 0 Å². The molecule has 0 aromatic heterocycles. The Morgan fingerprint density at radius 3 is 2.50 bits per heavy atom. The van der Waals surface area contributed by atoms with Crippen LogP contribution in [0.15, 0.2) is 0 Å². The summed E-state index contributed by atoms with van der Waals surface area (Å²) in [6, 6.07) is -0.285. The highest BCUT2D eigenvalue weighted by Crippen LogP contribution is 2.06. The first-order chi connectivity index (χ1) is 8.49. The highest BCUT2D eigenvalue weighted by molar-refractivity contribution is 5.73. The van der Waals surface area contributed by atoms with Gasteiger partial charge in [-0.05, 0) is 33.0 Å². The number of likely N-dealkylation sites (tertiary alicyclic amines) is 1. The van der Waals surface area contributed by atoms with Gasteiger partial charge < -0.3 is 20.2 Å². The van der Waals surface area contributed by atoms with Crippen LogP contribution in [0.25, 0.3) is 0 Å². The molecule has 5 heteroatoms. The topological polar surface area (TPSA) is 55.8 Å². The molecular formula is C13H27N3O2. The fraction of sp³-hybridized carbons (Fsp3) is 0.923. The van der Waals surface area contributed by atoms with E-state index in [1.54, 1.807) is 0 Å². The van der Waals surface area contributed by atoms with E-state index in [0.29, 0.717) is 6.54 Å². The molecule has 1 aliphatic rings. The number of nitrogens with zero attached hydrogens (tertiary/aromatic N) is 2. The normalized spacial score (nSPS) is 18.7. The molecule has 0 saturated carbocycles. The lowest BCUT2D eigenvalue weighted by Gasteiger charge is -2.25.